The Morgan fingerprint density at radius 2 is 1.85 bits per heavy atom. The SMILES string of the molecule is C[C@](N)(C(=O)O)C1(O)CCCCC1. The summed E-state index contributed by atoms with van der Waals surface area (Å²) in [6, 6.07) is 0. The van der Waals surface area contributed by atoms with Crippen LogP contribution in [-0.2, 0) is 4.79 Å². The van der Waals surface area contributed by atoms with Crippen LogP contribution in [0, 0.1) is 0 Å². The van der Waals surface area contributed by atoms with Crippen molar-refractivity contribution in [2.24, 2.45) is 5.73 Å². The molecule has 76 valence electrons. The summed E-state index contributed by atoms with van der Waals surface area (Å²) in [5.41, 5.74) is 2.87. The van der Waals surface area contributed by atoms with Crippen LogP contribution in [0.5, 0.6) is 0 Å². The molecule has 4 heteroatoms. The van der Waals surface area contributed by atoms with E-state index in [-0.39, 0.29) is 0 Å². The van der Waals surface area contributed by atoms with Crippen molar-refractivity contribution >= 4 is 5.97 Å². The minimum absolute atomic E-state index is 0.492. The summed E-state index contributed by atoms with van der Waals surface area (Å²) in [6.45, 7) is 1.39. The second kappa shape index (κ2) is 3.27. The molecule has 1 aliphatic carbocycles. The predicted octanol–water partition coefficient (Wildman–Crippen LogP) is 0.484. The number of nitrogens with two attached hydrogens (primary N) is 1. The Morgan fingerprint density at radius 3 is 2.23 bits per heavy atom. The molecule has 0 spiro atoms. The van der Waals surface area contributed by atoms with Crippen molar-refractivity contribution in [2.75, 3.05) is 0 Å². The number of aliphatic hydroxyl groups is 1. The topological polar surface area (TPSA) is 83.6 Å². The highest BCUT2D eigenvalue weighted by Gasteiger charge is 2.49. The second-order valence-electron chi connectivity index (χ2n) is 4.10. The Bertz CT molecular complexity index is 207. The van der Waals surface area contributed by atoms with E-state index in [9.17, 15) is 9.90 Å². The maximum absolute atomic E-state index is 10.8. The summed E-state index contributed by atoms with van der Waals surface area (Å²) < 4.78 is 0. The van der Waals surface area contributed by atoms with Gasteiger partial charge in [-0.3, -0.25) is 4.79 Å². The molecule has 13 heavy (non-hydrogen) atoms. The second-order valence-corrected chi connectivity index (χ2v) is 4.10. The standard InChI is InChI=1S/C9H17NO3/c1-8(10,7(11)12)9(13)5-3-2-4-6-9/h13H,2-6,10H2,1H3,(H,11,12)/t8-/m0/s1. The van der Waals surface area contributed by atoms with Gasteiger partial charge >= 0.3 is 5.97 Å². The van der Waals surface area contributed by atoms with Crippen LogP contribution in [-0.4, -0.2) is 27.3 Å². The average Bonchev–Trinajstić information content (AvgIpc) is 2.05. The van der Waals surface area contributed by atoms with Gasteiger partial charge in [0.15, 0.2) is 0 Å². The molecule has 4 N–H and O–H groups in total. The van der Waals surface area contributed by atoms with E-state index >= 15 is 0 Å². The van der Waals surface area contributed by atoms with Gasteiger partial charge in [0.2, 0.25) is 0 Å². The van der Waals surface area contributed by atoms with Crippen LogP contribution in [0.1, 0.15) is 39.0 Å². The summed E-state index contributed by atoms with van der Waals surface area (Å²) in [7, 11) is 0. The molecule has 0 radical (unpaired) electrons. The fourth-order valence-corrected chi connectivity index (χ4v) is 1.86. The molecule has 0 heterocycles. The molecule has 0 aromatic heterocycles. The molecule has 1 rings (SSSR count). The van der Waals surface area contributed by atoms with Gasteiger partial charge in [0, 0.05) is 0 Å². The third-order valence-corrected chi connectivity index (χ3v) is 3.09. The highest BCUT2D eigenvalue weighted by Crippen LogP contribution is 2.35. The minimum Gasteiger partial charge on any atom is -0.480 e. The molecule has 0 aliphatic heterocycles. The van der Waals surface area contributed by atoms with Crippen LogP contribution in [0.4, 0.5) is 0 Å². The van der Waals surface area contributed by atoms with E-state index in [0.29, 0.717) is 12.8 Å². The van der Waals surface area contributed by atoms with Crippen molar-refractivity contribution in [3.63, 3.8) is 0 Å². The van der Waals surface area contributed by atoms with Crippen LogP contribution in [0.15, 0.2) is 0 Å². The predicted molar refractivity (Wildman–Crippen MR) is 48.3 cm³/mol. The molecule has 0 unspecified atom stereocenters. The molecule has 0 saturated heterocycles. The molecule has 0 bridgehead atoms. The maximum atomic E-state index is 10.8. The number of carbonyl (C=O) groups is 1. The Kier molecular flexibility index (Phi) is 2.63. The zero-order valence-electron chi connectivity index (χ0n) is 7.92. The zero-order valence-corrected chi connectivity index (χ0v) is 7.92. The number of carboxylic acid groups (broad SMARTS) is 1. The molecule has 0 aromatic carbocycles. The molecular weight excluding hydrogens is 170 g/mol. The van der Waals surface area contributed by atoms with E-state index in [1.54, 1.807) is 0 Å². The minimum atomic E-state index is -1.52. The fourth-order valence-electron chi connectivity index (χ4n) is 1.86. The Labute approximate surface area is 77.7 Å². The first-order valence-electron chi connectivity index (χ1n) is 4.65. The van der Waals surface area contributed by atoms with Crippen molar-refractivity contribution in [1.29, 1.82) is 0 Å². The highest BCUT2D eigenvalue weighted by atomic mass is 16.4. The largest absolute Gasteiger partial charge is 0.480 e. The van der Waals surface area contributed by atoms with Crippen molar-refractivity contribution in [1.82, 2.24) is 0 Å². The molecule has 0 aromatic rings. The fraction of sp³-hybridized carbons (Fsp3) is 0.889. The van der Waals surface area contributed by atoms with Crippen molar-refractivity contribution < 1.29 is 15.0 Å². The Balaban J connectivity index is 2.82. The summed E-state index contributed by atoms with van der Waals surface area (Å²) in [6.07, 6.45) is 3.75. The molecule has 1 aliphatic rings. The average molecular weight is 187 g/mol. The number of carboxylic acids is 1. The van der Waals surface area contributed by atoms with Gasteiger partial charge < -0.3 is 15.9 Å². The lowest BCUT2D eigenvalue weighted by molar-refractivity contribution is -0.157. The molecule has 1 saturated carbocycles. The summed E-state index contributed by atoms with van der Waals surface area (Å²) >= 11 is 0. The quantitative estimate of drug-likeness (QED) is 0.587. The molecule has 0 amide bonds. The van der Waals surface area contributed by atoms with Gasteiger partial charge in [0.05, 0.1) is 5.60 Å². The lowest BCUT2D eigenvalue weighted by Crippen LogP contribution is -2.64. The first-order chi connectivity index (χ1) is 5.90. The number of hydrogen-bond acceptors (Lipinski definition) is 3. The molecule has 1 fully saturated rings. The highest BCUT2D eigenvalue weighted by molar-refractivity contribution is 5.79. The monoisotopic (exact) mass is 187 g/mol. The summed E-state index contributed by atoms with van der Waals surface area (Å²) in [5, 5.41) is 18.9. The summed E-state index contributed by atoms with van der Waals surface area (Å²) in [5.74, 6) is -1.13. The van der Waals surface area contributed by atoms with E-state index in [4.69, 9.17) is 10.8 Å². The van der Waals surface area contributed by atoms with Crippen molar-refractivity contribution in [3.05, 3.63) is 0 Å². The first kappa shape index (κ1) is 10.5. The molecule has 1 atom stereocenters. The van der Waals surface area contributed by atoms with E-state index in [2.05, 4.69) is 0 Å². The van der Waals surface area contributed by atoms with Crippen LogP contribution < -0.4 is 5.73 Å². The van der Waals surface area contributed by atoms with Gasteiger partial charge in [-0.25, -0.2) is 0 Å². The molecule has 4 nitrogen and oxygen atoms in total. The Hall–Kier alpha value is -0.610. The zero-order chi connectivity index (χ0) is 10.1. The van der Waals surface area contributed by atoms with E-state index in [0.717, 1.165) is 19.3 Å². The third-order valence-electron chi connectivity index (χ3n) is 3.09. The van der Waals surface area contributed by atoms with Gasteiger partial charge in [-0.15, -0.1) is 0 Å². The van der Waals surface area contributed by atoms with Crippen LogP contribution >= 0.6 is 0 Å². The van der Waals surface area contributed by atoms with Gasteiger partial charge in [0.25, 0.3) is 0 Å². The van der Waals surface area contributed by atoms with Crippen LogP contribution in [0.25, 0.3) is 0 Å². The normalized spacial score (nSPS) is 26.4. The van der Waals surface area contributed by atoms with Gasteiger partial charge in [-0.1, -0.05) is 19.3 Å². The van der Waals surface area contributed by atoms with Gasteiger partial charge in [-0.05, 0) is 19.8 Å². The lowest BCUT2D eigenvalue weighted by atomic mass is 9.72. The van der Waals surface area contributed by atoms with Crippen LogP contribution in [0.2, 0.25) is 0 Å². The van der Waals surface area contributed by atoms with Gasteiger partial charge in [0.1, 0.15) is 5.54 Å². The van der Waals surface area contributed by atoms with E-state index in [1.165, 1.54) is 6.92 Å². The van der Waals surface area contributed by atoms with E-state index < -0.39 is 17.1 Å². The van der Waals surface area contributed by atoms with Crippen LogP contribution in [0.3, 0.4) is 0 Å². The lowest BCUT2D eigenvalue weighted by Gasteiger charge is -2.41. The first-order valence-corrected chi connectivity index (χ1v) is 4.65. The van der Waals surface area contributed by atoms with Crippen molar-refractivity contribution in [3.8, 4) is 0 Å². The summed E-state index contributed by atoms with van der Waals surface area (Å²) in [4.78, 5) is 10.8. The Morgan fingerprint density at radius 1 is 1.38 bits per heavy atom. The third kappa shape index (κ3) is 1.69. The number of rotatable bonds is 2. The maximum Gasteiger partial charge on any atom is 0.326 e. The smallest absolute Gasteiger partial charge is 0.326 e. The van der Waals surface area contributed by atoms with Gasteiger partial charge in [-0.2, -0.15) is 0 Å². The molecular formula is C9H17NO3. The number of aliphatic carboxylic acids is 1. The van der Waals surface area contributed by atoms with Crippen molar-refractivity contribution in [2.45, 2.75) is 50.2 Å². The number of hydrogen-bond donors (Lipinski definition) is 3. The van der Waals surface area contributed by atoms with E-state index in [1.807, 2.05) is 0 Å².